The van der Waals surface area contributed by atoms with E-state index in [-0.39, 0.29) is 5.56 Å². The van der Waals surface area contributed by atoms with Gasteiger partial charge in [-0.1, -0.05) is 23.8 Å². The predicted octanol–water partition coefficient (Wildman–Crippen LogP) is 3.01. The van der Waals surface area contributed by atoms with Gasteiger partial charge in [-0.2, -0.15) is 0 Å². The molecule has 4 heteroatoms. The van der Waals surface area contributed by atoms with Crippen LogP contribution < -0.4 is 0 Å². The second kappa shape index (κ2) is 4.24. The molecule has 0 amide bonds. The monoisotopic (exact) mass is 252 g/mol. The summed E-state index contributed by atoms with van der Waals surface area (Å²) in [6.07, 6.45) is 3.42. The van der Waals surface area contributed by atoms with Crippen molar-refractivity contribution in [3.05, 3.63) is 59.9 Å². The van der Waals surface area contributed by atoms with Crippen LogP contribution in [0.4, 0.5) is 0 Å². The van der Waals surface area contributed by atoms with Gasteiger partial charge in [-0.3, -0.25) is 4.40 Å². The van der Waals surface area contributed by atoms with Crippen molar-refractivity contribution in [1.82, 2.24) is 9.38 Å². The van der Waals surface area contributed by atoms with Crippen molar-refractivity contribution in [2.75, 3.05) is 0 Å². The Balaban J connectivity index is 2.27. The van der Waals surface area contributed by atoms with Crippen LogP contribution >= 0.6 is 0 Å². The lowest BCUT2D eigenvalue weighted by Crippen LogP contribution is -1.99. The number of carboxylic acid groups (broad SMARTS) is 1. The molecule has 0 unspecified atom stereocenters. The first kappa shape index (κ1) is 11.5. The number of aryl methyl sites for hydroxylation is 1. The van der Waals surface area contributed by atoms with Crippen LogP contribution in [0.25, 0.3) is 16.9 Å². The highest BCUT2D eigenvalue weighted by atomic mass is 16.4. The lowest BCUT2D eigenvalue weighted by Gasteiger charge is -2.04. The molecule has 2 heterocycles. The molecule has 3 rings (SSSR count). The van der Waals surface area contributed by atoms with Gasteiger partial charge in [0.1, 0.15) is 5.82 Å². The van der Waals surface area contributed by atoms with E-state index in [1.165, 1.54) is 0 Å². The van der Waals surface area contributed by atoms with Crippen LogP contribution in [0.1, 0.15) is 15.9 Å². The number of imidazole rings is 1. The maximum Gasteiger partial charge on any atom is 0.337 e. The molecule has 0 radical (unpaired) electrons. The Bertz CT molecular complexity index is 775. The lowest BCUT2D eigenvalue weighted by molar-refractivity contribution is 0.0698. The number of carbonyl (C=O) groups is 1. The van der Waals surface area contributed by atoms with Crippen LogP contribution in [-0.2, 0) is 0 Å². The van der Waals surface area contributed by atoms with Crippen LogP contribution in [0.15, 0.2) is 48.8 Å². The number of hydrogen-bond donors (Lipinski definition) is 1. The van der Waals surface area contributed by atoms with E-state index in [1.807, 2.05) is 37.4 Å². The summed E-state index contributed by atoms with van der Waals surface area (Å²) in [4.78, 5) is 15.5. The summed E-state index contributed by atoms with van der Waals surface area (Å²) >= 11 is 0. The zero-order valence-corrected chi connectivity index (χ0v) is 10.4. The topological polar surface area (TPSA) is 54.6 Å². The molecular formula is C15H12N2O2. The largest absolute Gasteiger partial charge is 0.478 e. The minimum Gasteiger partial charge on any atom is -0.478 e. The summed E-state index contributed by atoms with van der Waals surface area (Å²) in [6, 6.07) is 11.3. The molecule has 1 N–H and O–H groups in total. The van der Waals surface area contributed by atoms with Gasteiger partial charge in [-0.05, 0) is 25.1 Å². The number of benzene rings is 1. The summed E-state index contributed by atoms with van der Waals surface area (Å²) in [5.41, 5.74) is 2.98. The van der Waals surface area contributed by atoms with E-state index in [4.69, 9.17) is 5.11 Å². The van der Waals surface area contributed by atoms with E-state index in [0.717, 1.165) is 17.0 Å². The molecular weight excluding hydrogens is 240 g/mol. The van der Waals surface area contributed by atoms with Gasteiger partial charge in [0.05, 0.1) is 17.3 Å². The molecule has 0 atom stereocenters. The standard InChI is InChI=1S/C15H12N2O2/c1-10-4-2-5-11(8-10)14-16-9-13-12(15(18)19)6-3-7-17(13)14/h2-9H,1H3,(H,18,19). The summed E-state index contributed by atoms with van der Waals surface area (Å²) in [5, 5.41) is 9.17. The fourth-order valence-electron chi connectivity index (χ4n) is 2.20. The Morgan fingerprint density at radius 1 is 1.26 bits per heavy atom. The zero-order chi connectivity index (χ0) is 13.4. The Morgan fingerprint density at radius 2 is 2.11 bits per heavy atom. The van der Waals surface area contributed by atoms with Crippen molar-refractivity contribution in [3.8, 4) is 11.4 Å². The average Bonchev–Trinajstić information content (AvgIpc) is 2.82. The second-order valence-electron chi connectivity index (χ2n) is 4.43. The molecule has 0 aliphatic heterocycles. The second-order valence-corrected chi connectivity index (χ2v) is 4.43. The third kappa shape index (κ3) is 1.87. The van der Waals surface area contributed by atoms with E-state index in [9.17, 15) is 4.79 Å². The predicted molar refractivity (Wildman–Crippen MR) is 72.3 cm³/mol. The Morgan fingerprint density at radius 3 is 2.84 bits per heavy atom. The summed E-state index contributed by atoms with van der Waals surface area (Å²) in [6.45, 7) is 2.02. The highest BCUT2D eigenvalue weighted by molar-refractivity contribution is 5.95. The molecule has 19 heavy (non-hydrogen) atoms. The summed E-state index contributed by atoms with van der Waals surface area (Å²) in [5.74, 6) is -0.192. The molecule has 0 saturated heterocycles. The van der Waals surface area contributed by atoms with E-state index >= 15 is 0 Å². The molecule has 3 aromatic rings. The van der Waals surface area contributed by atoms with Crippen molar-refractivity contribution < 1.29 is 9.90 Å². The van der Waals surface area contributed by atoms with Gasteiger partial charge in [0.15, 0.2) is 0 Å². The van der Waals surface area contributed by atoms with Gasteiger partial charge in [-0.25, -0.2) is 9.78 Å². The maximum atomic E-state index is 11.2. The summed E-state index contributed by atoms with van der Waals surface area (Å²) in [7, 11) is 0. The molecule has 0 aliphatic rings. The third-order valence-electron chi connectivity index (χ3n) is 3.08. The van der Waals surface area contributed by atoms with Crippen molar-refractivity contribution >= 4 is 11.5 Å². The van der Waals surface area contributed by atoms with Crippen molar-refractivity contribution in [2.24, 2.45) is 0 Å². The quantitative estimate of drug-likeness (QED) is 0.762. The normalized spacial score (nSPS) is 10.8. The van der Waals surface area contributed by atoms with Crippen LogP contribution in [0.3, 0.4) is 0 Å². The molecule has 0 saturated carbocycles. The molecule has 0 spiro atoms. The van der Waals surface area contributed by atoms with Gasteiger partial charge < -0.3 is 5.11 Å². The van der Waals surface area contributed by atoms with E-state index < -0.39 is 5.97 Å². The number of nitrogens with zero attached hydrogens (tertiary/aromatic N) is 2. The highest BCUT2D eigenvalue weighted by Crippen LogP contribution is 2.22. The number of hydrogen-bond acceptors (Lipinski definition) is 2. The lowest BCUT2D eigenvalue weighted by atomic mass is 10.1. The Hall–Kier alpha value is -2.62. The van der Waals surface area contributed by atoms with Gasteiger partial charge in [-0.15, -0.1) is 0 Å². The molecule has 94 valence electrons. The SMILES string of the molecule is Cc1cccc(-c2ncc3c(C(=O)O)cccn23)c1. The molecule has 0 aliphatic carbocycles. The fourth-order valence-corrected chi connectivity index (χ4v) is 2.20. The number of pyridine rings is 1. The van der Waals surface area contributed by atoms with Crippen LogP contribution in [0, 0.1) is 6.92 Å². The first-order valence-corrected chi connectivity index (χ1v) is 5.93. The van der Waals surface area contributed by atoms with Crippen molar-refractivity contribution in [3.63, 3.8) is 0 Å². The molecule has 0 fully saturated rings. The first-order chi connectivity index (χ1) is 9.16. The molecule has 2 aromatic heterocycles. The number of carboxylic acids is 1. The zero-order valence-electron chi connectivity index (χ0n) is 10.4. The Labute approximate surface area is 110 Å². The minimum atomic E-state index is -0.943. The fraction of sp³-hybridized carbons (Fsp3) is 0.0667. The molecule has 1 aromatic carbocycles. The third-order valence-corrected chi connectivity index (χ3v) is 3.08. The van der Waals surface area contributed by atoms with E-state index in [1.54, 1.807) is 22.7 Å². The number of fused-ring (bicyclic) bond motifs is 1. The maximum absolute atomic E-state index is 11.2. The number of rotatable bonds is 2. The molecule has 0 bridgehead atoms. The van der Waals surface area contributed by atoms with Crippen LogP contribution in [0.5, 0.6) is 0 Å². The van der Waals surface area contributed by atoms with E-state index in [0.29, 0.717) is 5.52 Å². The smallest absolute Gasteiger partial charge is 0.337 e. The number of aromatic carboxylic acids is 1. The number of aromatic nitrogens is 2. The van der Waals surface area contributed by atoms with Gasteiger partial charge in [0.2, 0.25) is 0 Å². The van der Waals surface area contributed by atoms with Crippen LogP contribution in [-0.4, -0.2) is 20.5 Å². The van der Waals surface area contributed by atoms with Crippen molar-refractivity contribution in [1.29, 1.82) is 0 Å². The summed E-state index contributed by atoms with van der Waals surface area (Å²) < 4.78 is 1.80. The highest BCUT2D eigenvalue weighted by Gasteiger charge is 2.12. The average molecular weight is 252 g/mol. The minimum absolute atomic E-state index is 0.258. The van der Waals surface area contributed by atoms with Crippen molar-refractivity contribution in [2.45, 2.75) is 6.92 Å². The Kier molecular flexibility index (Phi) is 2.56. The van der Waals surface area contributed by atoms with Crippen LogP contribution in [0.2, 0.25) is 0 Å². The first-order valence-electron chi connectivity index (χ1n) is 5.93. The van der Waals surface area contributed by atoms with Gasteiger partial charge in [0.25, 0.3) is 0 Å². The van der Waals surface area contributed by atoms with Gasteiger partial charge >= 0.3 is 5.97 Å². The van der Waals surface area contributed by atoms with E-state index in [2.05, 4.69) is 4.98 Å². The molecule has 4 nitrogen and oxygen atoms in total. The van der Waals surface area contributed by atoms with Gasteiger partial charge in [0, 0.05) is 11.8 Å².